The topological polar surface area (TPSA) is 98.0 Å². The third-order valence-electron chi connectivity index (χ3n) is 3.90. The number of rotatable bonds is 7. The summed E-state index contributed by atoms with van der Waals surface area (Å²) in [6, 6.07) is 0.286. The lowest BCUT2D eigenvalue weighted by Crippen LogP contribution is -2.18. The quantitative estimate of drug-likeness (QED) is 0.523. The molecule has 7 nitrogen and oxygen atoms in total. The monoisotopic (exact) mass is 294 g/mol. The molecule has 0 bridgehead atoms. The Labute approximate surface area is 126 Å². The van der Waals surface area contributed by atoms with Crippen molar-refractivity contribution in [2.24, 2.45) is 17.7 Å². The minimum absolute atomic E-state index is 0.286. The first kappa shape index (κ1) is 15.8. The van der Waals surface area contributed by atoms with Gasteiger partial charge in [0.05, 0.1) is 6.61 Å². The number of hydrazine groups is 1. The largest absolute Gasteiger partial charge is 0.464 e. The molecule has 1 aromatic rings. The third-order valence-corrected chi connectivity index (χ3v) is 3.90. The molecule has 21 heavy (non-hydrogen) atoms. The summed E-state index contributed by atoms with van der Waals surface area (Å²) in [7, 11) is 0. The van der Waals surface area contributed by atoms with Crippen molar-refractivity contribution in [2.45, 2.75) is 46.0 Å². The second kappa shape index (κ2) is 7.97. The Morgan fingerprint density at radius 3 is 2.76 bits per heavy atom. The summed E-state index contributed by atoms with van der Waals surface area (Å²) in [6.07, 6.45) is 6.54. The SMILES string of the molecule is CCOc1nc(NN)nc(NCCC2CCCC(C)C2)n1. The lowest BCUT2D eigenvalue weighted by atomic mass is 9.81. The fourth-order valence-corrected chi connectivity index (χ4v) is 2.90. The molecule has 0 spiro atoms. The summed E-state index contributed by atoms with van der Waals surface area (Å²) in [5.41, 5.74) is 2.43. The van der Waals surface area contributed by atoms with Gasteiger partial charge in [-0.25, -0.2) is 5.84 Å². The van der Waals surface area contributed by atoms with Gasteiger partial charge in [-0.05, 0) is 31.6 Å². The zero-order valence-corrected chi connectivity index (χ0v) is 12.9. The summed E-state index contributed by atoms with van der Waals surface area (Å²) in [4.78, 5) is 12.4. The van der Waals surface area contributed by atoms with Crippen LogP contribution in [0.25, 0.3) is 0 Å². The van der Waals surface area contributed by atoms with Gasteiger partial charge in [0.1, 0.15) is 0 Å². The Balaban J connectivity index is 1.85. The number of aromatic nitrogens is 3. The molecule has 2 unspecified atom stereocenters. The number of nitrogens with zero attached hydrogens (tertiary/aromatic N) is 3. The number of ether oxygens (including phenoxy) is 1. The maximum atomic E-state index is 5.36. The van der Waals surface area contributed by atoms with Crippen LogP contribution in [0.1, 0.15) is 46.0 Å². The molecule has 1 aliphatic carbocycles. The number of nitrogen functional groups attached to an aromatic ring is 1. The molecule has 118 valence electrons. The van der Waals surface area contributed by atoms with Gasteiger partial charge in [0.25, 0.3) is 0 Å². The van der Waals surface area contributed by atoms with E-state index in [0.29, 0.717) is 18.5 Å². The fourth-order valence-electron chi connectivity index (χ4n) is 2.90. The molecule has 1 aromatic heterocycles. The Hall–Kier alpha value is -1.63. The second-order valence-corrected chi connectivity index (χ2v) is 5.70. The van der Waals surface area contributed by atoms with Crippen molar-refractivity contribution in [3.8, 4) is 6.01 Å². The minimum atomic E-state index is 0.286. The van der Waals surface area contributed by atoms with E-state index in [1.54, 1.807) is 0 Å². The zero-order valence-electron chi connectivity index (χ0n) is 12.9. The lowest BCUT2D eigenvalue weighted by molar-refractivity contribution is 0.274. The van der Waals surface area contributed by atoms with Crippen molar-refractivity contribution in [2.75, 3.05) is 23.9 Å². The summed E-state index contributed by atoms with van der Waals surface area (Å²) < 4.78 is 5.30. The summed E-state index contributed by atoms with van der Waals surface area (Å²) >= 11 is 0. The van der Waals surface area contributed by atoms with E-state index in [0.717, 1.165) is 24.8 Å². The molecule has 0 saturated heterocycles. The normalized spacial score (nSPS) is 21.9. The fraction of sp³-hybridized carbons (Fsp3) is 0.786. The van der Waals surface area contributed by atoms with Gasteiger partial charge < -0.3 is 10.1 Å². The Kier molecular flexibility index (Phi) is 5.98. The predicted octanol–water partition coefficient (Wildman–Crippen LogP) is 2.18. The molecule has 0 radical (unpaired) electrons. The van der Waals surface area contributed by atoms with Crippen LogP contribution in [0, 0.1) is 11.8 Å². The average molecular weight is 294 g/mol. The van der Waals surface area contributed by atoms with Crippen molar-refractivity contribution < 1.29 is 4.74 Å². The van der Waals surface area contributed by atoms with E-state index in [9.17, 15) is 0 Å². The summed E-state index contributed by atoms with van der Waals surface area (Å²) in [6.45, 7) is 5.60. The van der Waals surface area contributed by atoms with Gasteiger partial charge in [-0.1, -0.05) is 26.2 Å². The maximum Gasteiger partial charge on any atom is 0.323 e. The molecule has 1 heterocycles. The number of hydrogen-bond donors (Lipinski definition) is 3. The van der Waals surface area contributed by atoms with Crippen LogP contribution in [-0.4, -0.2) is 28.1 Å². The molecule has 0 amide bonds. The number of hydrogen-bond acceptors (Lipinski definition) is 7. The summed E-state index contributed by atoms with van der Waals surface area (Å²) in [5, 5.41) is 3.24. The van der Waals surface area contributed by atoms with Crippen molar-refractivity contribution in [1.29, 1.82) is 0 Å². The number of anilines is 2. The summed E-state index contributed by atoms with van der Waals surface area (Å²) in [5.74, 6) is 7.84. The highest BCUT2D eigenvalue weighted by atomic mass is 16.5. The van der Waals surface area contributed by atoms with Gasteiger partial charge >= 0.3 is 6.01 Å². The highest BCUT2D eigenvalue weighted by Gasteiger charge is 2.18. The molecule has 0 aliphatic heterocycles. The Morgan fingerprint density at radius 2 is 2.05 bits per heavy atom. The molecule has 0 aromatic carbocycles. The van der Waals surface area contributed by atoms with Crippen LogP contribution >= 0.6 is 0 Å². The molecule has 1 fully saturated rings. The van der Waals surface area contributed by atoms with Gasteiger partial charge in [-0.2, -0.15) is 15.0 Å². The van der Waals surface area contributed by atoms with E-state index in [2.05, 4.69) is 32.6 Å². The van der Waals surface area contributed by atoms with E-state index < -0.39 is 0 Å². The minimum Gasteiger partial charge on any atom is -0.464 e. The molecule has 2 atom stereocenters. The molecule has 1 aliphatic rings. The first-order valence-electron chi connectivity index (χ1n) is 7.80. The molecular weight excluding hydrogens is 268 g/mol. The van der Waals surface area contributed by atoms with Crippen LogP contribution in [0.4, 0.5) is 11.9 Å². The maximum absolute atomic E-state index is 5.36. The van der Waals surface area contributed by atoms with Crippen LogP contribution in [0.2, 0.25) is 0 Å². The standard InChI is InChI=1S/C14H26N6O/c1-3-21-14-18-12(17-13(19-14)20-15)16-8-7-11-6-4-5-10(2)9-11/h10-11H,3-9,15H2,1-2H3,(H2,16,17,18,19,20). The van der Waals surface area contributed by atoms with Crippen LogP contribution < -0.4 is 21.3 Å². The van der Waals surface area contributed by atoms with Crippen molar-refractivity contribution in [1.82, 2.24) is 15.0 Å². The van der Waals surface area contributed by atoms with Gasteiger partial charge in [0.15, 0.2) is 0 Å². The van der Waals surface area contributed by atoms with E-state index in [-0.39, 0.29) is 6.01 Å². The number of nitrogens with one attached hydrogen (secondary N) is 2. The highest BCUT2D eigenvalue weighted by Crippen LogP contribution is 2.30. The first-order chi connectivity index (χ1) is 10.2. The molecular formula is C14H26N6O. The van der Waals surface area contributed by atoms with Crippen LogP contribution in [0.5, 0.6) is 6.01 Å². The van der Waals surface area contributed by atoms with E-state index in [4.69, 9.17) is 10.6 Å². The molecule has 1 saturated carbocycles. The van der Waals surface area contributed by atoms with E-state index in [1.807, 2.05) is 6.92 Å². The van der Waals surface area contributed by atoms with E-state index in [1.165, 1.54) is 25.7 Å². The van der Waals surface area contributed by atoms with Gasteiger partial charge in [0, 0.05) is 6.54 Å². The van der Waals surface area contributed by atoms with Crippen LogP contribution in [0.15, 0.2) is 0 Å². The van der Waals surface area contributed by atoms with Crippen LogP contribution in [0.3, 0.4) is 0 Å². The van der Waals surface area contributed by atoms with Crippen molar-refractivity contribution in [3.05, 3.63) is 0 Å². The van der Waals surface area contributed by atoms with Gasteiger partial charge in [-0.3, -0.25) is 5.43 Å². The lowest BCUT2D eigenvalue weighted by Gasteiger charge is -2.26. The number of nitrogens with two attached hydrogens (primary N) is 1. The molecule has 2 rings (SSSR count). The second-order valence-electron chi connectivity index (χ2n) is 5.70. The molecule has 4 N–H and O–H groups in total. The van der Waals surface area contributed by atoms with Gasteiger partial charge in [0.2, 0.25) is 11.9 Å². The smallest absolute Gasteiger partial charge is 0.323 e. The third kappa shape index (κ3) is 5.00. The van der Waals surface area contributed by atoms with Crippen molar-refractivity contribution in [3.63, 3.8) is 0 Å². The van der Waals surface area contributed by atoms with Gasteiger partial charge in [-0.15, -0.1) is 0 Å². The average Bonchev–Trinajstić information content (AvgIpc) is 2.47. The Morgan fingerprint density at radius 1 is 1.24 bits per heavy atom. The van der Waals surface area contributed by atoms with Crippen molar-refractivity contribution >= 4 is 11.9 Å². The van der Waals surface area contributed by atoms with Crippen LogP contribution in [-0.2, 0) is 0 Å². The molecule has 7 heteroatoms. The predicted molar refractivity (Wildman–Crippen MR) is 83.0 cm³/mol. The first-order valence-corrected chi connectivity index (χ1v) is 7.80. The zero-order chi connectivity index (χ0) is 15.1. The van der Waals surface area contributed by atoms with E-state index >= 15 is 0 Å². The Bertz CT molecular complexity index is 441. The highest BCUT2D eigenvalue weighted by molar-refractivity contribution is 5.34.